The van der Waals surface area contributed by atoms with Crippen LogP contribution in [-0.2, 0) is 5.41 Å². The summed E-state index contributed by atoms with van der Waals surface area (Å²) in [7, 11) is 0. The number of rotatable bonds is 1. The van der Waals surface area contributed by atoms with Crippen molar-refractivity contribution in [3.63, 3.8) is 0 Å². The first-order valence-corrected chi connectivity index (χ1v) is 4.59. The van der Waals surface area contributed by atoms with Gasteiger partial charge in [0.25, 0.3) is 6.01 Å². The number of hydrogen-bond acceptors (Lipinski definition) is 3. The van der Waals surface area contributed by atoms with Gasteiger partial charge in [-0.2, -0.15) is 4.98 Å². The molecule has 0 aromatic carbocycles. The van der Waals surface area contributed by atoms with Crippen LogP contribution in [0.3, 0.4) is 0 Å². The largest absolute Gasteiger partial charge is 0.428 e. The number of aromatic nitrogens is 1. The molecule has 3 heteroatoms. The van der Waals surface area contributed by atoms with Crippen molar-refractivity contribution in [1.82, 2.24) is 4.98 Å². The number of nitrogen functional groups attached to an aromatic ring is 1. The van der Waals surface area contributed by atoms with E-state index in [1.54, 1.807) is 0 Å². The van der Waals surface area contributed by atoms with Gasteiger partial charge in [0.1, 0.15) is 5.76 Å². The smallest absolute Gasteiger partial charge is 0.292 e. The first-order chi connectivity index (χ1) is 5.82. The number of hydrogen-bond donors (Lipinski definition) is 1. The molecule has 1 heterocycles. The summed E-state index contributed by atoms with van der Waals surface area (Å²) in [6.45, 7) is 10.5. The molecule has 0 saturated heterocycles. The lowest BCUT2D eigenvalue weighted by molar-refractivity contribution is 0.474. The molecule has 74 valence electrons. The summed E-state index contributed by atoms with van der Waals surface area (Å²) in [5.74, 6) is 1.24. The van der Waals surface area contributed by atoms with Crippen LogP contribution in [0.5, 0.6) is 0 Å². The number of anilines is 1. The van der Waals surface area contributed by atoms with Crippen molar-refractivity contribution in [2.45, 2.75) is 46.0 Å². The molecule has 0 bridgehead atoms. The van der Waals surface area contributed by atoms with Gasteiger partial charge in [0.2, 0.25) is 0 Å². The lowest BCUT2D eigenvalue weighted by Crippen LogP contribution is -2.14. The molecular weight excluding hydrogens is 164 g/mol. The summed E-state index contributed by atoms with van der Waals surface area (Å²) >= 11 is 0. The Bertz CT molecular complexity index is 294. The highest BCUT2D eigenvalue weighted by atomic mass is 16.4. The zero-order chi connectivity index (χ0) is 10.2. The Morgan fingerprint density at radius 3 is 2.15 bits per heavy atom. The molecule has 0 spiro atoms. The van der Waals surface area contributed by atoms with Gasteiger partial charge in [0.05, 0.1) is 5.69 Å². The molecule has 13 heavy (non-hydrogen) atoms. The molecule has 0 aliphatic carbocycles. The topological polar surface area (TPSA) is 52.0 Å². The maximum absolute atomic E-state index is 5.54. The van der Waals surface area contributed by atoms with Crippen molar-refractivity contribution in [3.8, 4) is 0 Å². The summed E-state index contributed by atoms with van der Waals surface area (Å²) in [6.07, 6.45) is 0. The second-order valence-electron chi connectivity index (χ2n) is 4.67. The Morgan fingerprint density at radius 1 is 1.31 bits per heavy atom. The molecule has 1 rings (SSSR count). The highest BCUT2D eigenvalue weighted by Crippen LogP contribution is 2.31. The van der Waals surface area contributed by atoms with E-state index in [0.717, 1.165) is 11.5 Å². The van der Waals surface area contributed by atoms with Gasteiger partial charge in [-0.05, 0) is 0 Å². The highest BCUT2D eigenvalue weighted by Gasteiger charge is 2.25. The van der Waals surface area contributed by atoms with E-state index < -0.39 is 0 Å². The van der Waals surface area contributed by atoms with Crippen molar-refractivity contribution >= 4 is 6.01 Å². The van der Waals surface area contributed by atoms with Crippen molar-refractivity contribution in [1.29, 1.82) is 0 Å². The van der Waals surface area contributed by atoms with Gasteiger partial charge in [-0.3, -0.25) is 0 Å². The van der Waals surface area contributed by atoms with Gasteiger partial charge in [0.15, 0.2) is 0 Å². The molecule has 2 N–H and O–H groups in total. The van der Waals surface area contributed by atoms with Gasteiger partial charge in [0, 0.05) is 11.3 Å². The van der Waals surface area contributed by atoms with E-state index in [1.807, 2.05) is 0 Å². The minimum absolute atomic E-state index is 0.000718. The van der Waals surface area contributed by atoms with E-state index in [2.05, 4.69) is 39.6 Å². The summed E-state index contributed by atoms with van der Waals surface area (Å²) in [5, 5.41) is 0. The minimum atomic E-state index is 0.000718. The monoisotopic (exact) mass is 182 g/mol. The first-order valence-electron chi connectivity index (χ1n) is 4.59. The Kier molecular flexibility index (Phi) is 2.37. The van der Waals surface area contributed by atoms with Crippen LogP contribution in [0.1, 0.15) is 52.0 Å². The maximum Gasteiger partial charge on any atom is 0.292 e. The summed E-state index contributed by atoms with van der Waals surface area (Å²) in [4.78, 5) is 4.21. The van der Waals surface area contributed by atoms with Crippen molar-refractivity contribution < 1.29 is 4.42 Å². The van der Waals surface area contributed by atoms with Gasteiger partial charge >= 0.3 is 0 Å². The molecule has 3 nitrogen and oxygen atoms in total. The SMILES string of the molecule is CC(C)c1oc(N)nc1C(C)(C)C. The third kappa shape index (κ3) is 2.02. The fraction of sp³-hybridized carbons (Fsp3) is 0.700. The van der Waals surface area contributed by atoms with Crippen LogP contribution in [0, 0.1) is 0 Å². The van der Waals surface area contributed by atoms with Crippen molar-refractivity contribution in [2.75, 3.05) is 5.73 Å². The van der Waals surface area contributed by atoms with Crippen LogP contribution in [0.2, 0.25) is 0 Å². The molecule has 0 saturated carbocycles. The van der Waals surface area contributed by atoms with Crippen LogP contribution >= 0.6 is 0 Å². The van der Waals surface area contributed by atoms with Gasteiger partial charge in [-0.25, -0.2) is 0 Å². The highest BCUT2D eigenvalue weighted by molar-refractivity contribution is 5.27. The average molecular weight is 182 g/mol. The average Bonchev–Trinajstić information content (AvgIpc) is 2.29. The van der Waals surface area contributed by atoms with Gasteiger partial charge in [-0.15, -0.1) is 0 Å². The number of oxazole rings is 1. The lowest BCUT2D eigenvalue weighted by atomic mass is 9.88. The van der Waals surface area contributed by atoms with Crippen LogP contribution in [0.4, 0.5) is 6.01 Å². The molecule has 0 aliphatic heterocycles. The maximum atomic E-state index is 5.54. The summed E-state index contributed by atoms with van der Waals surface area (Å²) < 4.78 is 5.37. The fourth-order valence-electron chi connectivity index (χ4n) is 1.28. The van der Waals surface area contributed by atoms with Crippen LogP contribution in [0.15, 0.2) is 4.42 Å². The Morgan fingerprint density at radius 2 is 1.85 bits per heavy atom. The standard InChI is InChI=1S/C10H18N2O/c1-6(2)7-8(10(3,4)5)12-9(11)13-7/h6H,1-5H3,(H2,11,12). The quantitative estimate of drug-likeness (QED) is 0.726. The molecule has 0 amide bonds. The van der Waals surface area contributed by atoms with E-state index in [-0.39, 0.29) is 11.4 Å². The molecule has 0 atom stereocenters. The predicted molar refractivity (Wildman–Crippen MR) is 53.7 cm³/mol. The molecule has 1 aromatic heterocycles. The molecule has 0 fully saturated rings. The Hall–Kier alpha value is -0.990. The van der Waals surface area contributed by atoms with Gasteiger partial charge in [-0.1, -0.05) is 34.6 Å². The number of nitrogens with two attached hydrogens (primary N) is 1. The molecule has 0 radical (unpaired) electrons. The van der Waals surface area contributed by atoms with Gasteiger partial charge < -0.3 is 10.2 Å². The Labute approximate surface area is 79.3 Å². The van der Waals surface area contributed by atoms with E-state index in [4.69, 9.17) is 10.2 Å². The van der Waals surface area contributed by atoms with E-state index >= 15 is 0 Å². The van der Waals surface area contributed by atoms with Crippen LogP contribution in [-0.4, -0.2) is 4.98 Å². The Balaban J connectivity index is 3.20. The predicted octanol–water partition coefficient (Wildman–Crippen LogP) is 2.68. The number of nitrogens with zero attached hydrogens (tertiary/aromatic N) is 1. The van der Waals surface area contributed by atoms with Crippen molar-refractivity contribution in [2.24, 2.45) is 0 Å². The van der Waals surface area contributed by atoms with E-state index in [9.17, 15) is 0 Å². The first kappa shape index (κ1) is 10.1. The minimum Gasteiger partial charge on any atom is -0.428 e. The second-order valence-corrected chi connectivity index (χ2v) is 4.67. The lowest BCUT2D eigenvalue weighted by Gasteiger charge is -2.17. The zero-order valence-corrected chi connectivity index (χ0v) is 9.01. The van der Waals surface area contributed by atoms with E-state index in [0.29, 0.717) is 5.92 Å². The normalized spacial score (nSPS) is 12.5. The fourth-order valence-corrected chi connectivity index (χ4v) is 1.28. The van der Waals surface area contributed by atoms with Crippen molar-refractivity contribution in [3.05, 3.63) is 11.5 Å². The third-order valence-corrected chi connectivity index (χ3v) is 1.90. The molecule has 0 aliphatic rings. The summed E-state index contributed by atoms with van der Waals surface area (Å²) in [5.41, 5.74) is 6.51. The van der Waals surface area contributed by atoms with Crippen LogP contribution in [0.25, 0.3) is 0 Å². The molecular formula is C10H18N2O. The molecule has 1 aromatic rings. The molecule has 0 unspecified atom stereocenters. The summed E-state index contributed by atoms with van der Waals surface area (Å²) in [6, 6.07) is 0.272. The zero-order valence-electron chi connectivity index (χ0n) is 9.01. The van der Waals surface area contributed by atoms with Crippen LogP contribution < -0.4 is 5.73 Å². The third-order valence-electron chi connectivity index (χ3n) is 1.90. The second kappa shape index (κ2) is 3.05. The van der Waals surface area contributed by atoms with E-state index in [1.165, 1.54) is 0 Å².